The summed E-state index contributed by atoms with van der Waals surface area (Å²) < 4.78 is 5.31. The van der Waals surface area contributed by atoms with Crippen LogP contribution in [-0.2, 0) is 4.74 Å². The number of hydrogen-bond acceptors (Lipinski definition) is 3. The first-order valence-electron chi connectivity index (χ1n) is 9.02. The minimum absolute atomic E-state index is 0.0459. The first-order chi connectivity index (χ1) is 11.1. The molecular formula is C18H35N3O3. The molecule has 1 fully saturated rings. The van der Waals surface area contributed by atoms with Gasteiger partial charge in [-0.2, -0.15) is 0 Å². The third-order valence-electron chi connectivity index (χ3n) is 5.00. The van der Waals surface area contributed by atoms with Gasteiger partial charge in [-0.25, -0.2) is 9.59 Å². The van der Waals surface area contributed by atoms with E-state index in [-0.39, 0.29) is 23.0 Å². The summed E-state index contributed by atoms with van der Waals surface area (Å²) in [5.74, 6) is 0.564. The van der Waals surface area contributed by atoms with Crippen LogP contribution in [0.25, 0.3) is 0 Å². The van der Waals surface area contributed by atoms with Gasteiger partial charge in [0, 0.05) is 12.6 Å². The zero-order chi connectivity index (χ0) is 18.4. The lowest BCUT2D eigenvalue weighted by Gasteiger charge is -2.46. The van der Waals surface area contributed by atoms with Gasteiger partial charge in [-0.15, -0.1) is 0 Å². The molecule has 4 N–H and O–H groups in total. The van der Waals surface area contributed by atoms with E-state index in [1.165, 1.54) is 0 Å². The average molecular weight is 341 g/mol. The number of primary amides is 1. The molecule has 0 radical (unpaired) electrons. The van der Waals surface area contributed by atoms with Gasteiger partial charge in [0.25, 0.3) is 0 Å². The van der Waals surface area contributed by atoms with Gasteiger partial charge < -0.3 is 21.1 Å². The van der Waals surface area contributed by atoms with Gasteiger partial charge in [-0.3, -0.25) is 0 Å². The van der Waals surface area contributed by atoms with Crippen molar-refractivity contribution in [1.82, 2.24) is 10.6 Å². The van der Waals surface area contributed by atoms with Crippen molar-refractivity contribution < 1.29 is 14.3 Å². The molecule has 0 aliphatic heterocycles. The third-order valence-corrected chi connectivity index (χ3v) is 5.00. The van der Waals surface area contributed by atoms with E-state index in [2.05, 4.69) is 45.3 Å². The quantitative estimate of drug-likeness (QED) is 0.662. The SMILES string of the molecule is CCC(C)CCOC(=O)NC1CC(C)(C)CC(C)(CNC(N)=O)C1. The zero-order valence-corrected chi connectivity index (χ0v) is 15.9. The van der Waals surface area contributed by atoms with Gasteiger partial charge in [-0.05, 0) is 42.4 Å². The van der Waals surface area contributed by atoms with Gasteiger partial charge in [0.05, 0.1) is 6.61 Å². The van der Waals surface area contributed by atoms with Crippen LogP contribution >= 0.6 is 0 Å². The van der Waals surface area contributed by atoms with Crippen LogP contribution in [0.3, 0.4) is 0 Å². The fourth-order valence-electron chi connectivity index (χ4n) is 3.94. The molecule has 0 aromatic carbocycles. The van der Waals surface area contributed by atoms with E-state index in [1.54, 1.807) is 0 Å². The van der Waals surface area contributed by atoms with Crippen molar-refractivity contribution in [1.29, 1.82) is 0 Å². The van der Waals surface area contributed by atoms with E-state index in [1.807, 2.05) is 0 Å². The lowest BCUT2D eigenvalue weighted by Crippen LogP contribution is -2.51. The maximum atomic E-state index is 12.0. The first-order valence-corrected chi connectivity index (χ1v) is 9.02. The molecule has 0 aromatic heterocycles. The van der Waals surface area contributed by atoms with Crippen molar-refractivity contribution in [2.24, 2.45) is 22.5 Å². The normalized spacial score (nSPS) is 27.1. The number of carbonyl (C=O) groups excluding carboxylic acids is 2. The van der Waals surface area contributed by atoms with Gasteiger partial charge in [0.1, 0.15) is 0 Å². The number of hydrogen-bond donors (Lipinski definition) is 3. The maximum absolute atomic E-state index is 12.0. The molecule has 1 rings (SSSR count). The third kappa shape index (κ3) is 7.41. The fourth-order valence-corrected chi connectivity index (χ4v) is 3.94. The van der Waals surface area contributed by atoms with Gasteiger partial charge in [-0.1, -0.05) is 41.0 Å². The van der Waals surface area contributed by atoms with Crippen LogP contribution in [0.5, 0.6) is 0 Å². The van der Waals surface area contributed by atoms with Crippen LogP contribution in [0.1, 0.15) is 66.7 Å². The summed E-state index contributed by atoms with van der Waals surface area (Å²) in [7, 11) is 0. The highest BCUT2D eigenvalue weighted by atomic mass is 16.5. The molecule has 0 aromatic rings. The number of ether oxygens (including phenoxy) is 1. The summed E-state index contributed by atoms with van der Waals surface area (Å²) >= 11 is 0. The smallest absolute Gasteiger partial charge is 0.407 e. The molecule has 0 heterocycles. The van der Waals surface area contributed by atoms with E-state index < -0.39 is 6.03 Å². The van der Waals surface area contributed by atoms with E-state index in [0.717, 1.165) is 32.1 Å². The van der Waals surface area contributed by atoms with Crippen molar-refractivity contribution in [3.63, 3.8) is 0 Å². The predicted molar refractivity (Wildman–Crippen MR) is 95.7 cm³/mol. The maximum Gasteiger partial charge on any atom is 0.407 e. The van der Waals surface area contributed by atoms with Gasteiger partial charge in [0.15, 0.2) is 0 Å². The second-order valence-corrected chi connectivity index (χ2v) is 8.56. The van der Waals surface area contributed by atoms with Gasteiger partial charge in [0.2, 0.25) is 0 Å². The lowest BCUT2D eigenvalue weighted by atomic mass is 9.62. The van der Waals surface area contributed by atoms with E-state index in [9.17, 15) is 9.59 Å². The number of nitrogens with two attached hydrogens (primary N) is 1. The standard InChI is InChI=1S/C18H35N3O3/c1-6-13(2)7-8-24-16(23)21-14-9-17(3,4)11-18(5,10-14)12-20-15(19)22/h13-14H,6-12H2,1-5H3,(H,21,23)(H3,19,20,22). The average Bonchev–Trinajstić information content (AvgIpc) is 2.42. The molecule has 0 saturated heterocycles. The summed E-state index contributed by atoms with van der Waals surface area (Å²) in [6, 6.07) is -0.460. The number of carbonyl (C=O) groups is 2. The Labute approximate surface area is 146 Å². The molecular weight excluding hydrogens is 306 g/mol. The van der Waals surface area contributed by atoms with E-state index >= 15 is 0 Å². The minimum atomic E-state index is -0.506. The second kappa shape index (κ2) is 8.58. The van der Waals surface area contributed by atoms with Crippen LogP contribution in [0.2, 0.25) is 0 Å². The Kier molecular flexibility index (Phi) is 7.36. The summed E-state index contributed by atoms with van der Waals surface area (Å²) in [5, 5.41) is 5.72. The topological polar surface area (TPSA) is 93.4 Å². The van der Waals surface area contributed by atoms with Crippen LogP contribution in [0.4, 0.5) is 9.59 Å². The largest absolute Gasteiger partial charge is 0.450 e. The van der Waals surface area contributed by atoms with E-state index in [0.29, 0.717) is 19.1 Å². The number of amides is 3. The number of alkyl carbamates (subject to hydrolysis) is 1. The van der Waals surface area contributed by atoms with Crippen LogP contribution in [0.15, 0.2) is 0 Å². The summed E-state index contributed by atoms with van der Waals surface area (Å²) in [6.45, 7) is 11.8. The Hall–Kier alpha value is -1.46. The fraction of sp³-hybridized carbons (Fsp3) is 0.889. The van der Waals surface area contributed by atoms with Crippen LogP contribution in [-0.4, -0.2) is 31.3 Å². The summed E-state index contributed by atoms with van der Waals surface area (Å²) in [5.41, 5.74) is 5.19. The van der Waals surface area contributed by atoms with E-state index in [4.69, 9.17) is 10.5 Å². The molecule has 140 valence electrons. The van der Waals surface area contributed by atoms with Crippen LogP contribution < -0.4 is 16.4 Å². The number of urea groups is 1. The molecule has 3 amide bonds. The summed E-state index contributed by atoms with van der Waals surface area (Å²) in [4.78, 5) is 23.1. The molecule has 6 heteroatoms. The Morgan fingerprint density at radius 1 is 1.29 bits per heavy atom. The Morgan fingerprint density at radius 2 is 1.96 bits per heavy atom. The predicted octanol–water partition coefficient (Wildman–Crippen LogP) is 3.40. The monoisotopic (exact) mass is 341 g/mol. The molecule has 1 aliphatic rings. The van der Waals surface area contributed by atoms with Gasteiger partial charge >= 0.3 is 12.1 Å². The molecule has 1 saturated carbocycles. The Morgan fingerprint density at radius 3 is 2.54 bits per heavy atom. The highest BCUT2D eigenvalue weighted by Crippen LogP contribution is 2.45. The second-order valence-electron chi connectivity index (χ2n) is 8.56. The lowest BCUT2D eigenvalue weighted by molar-refractivity contribution is 0.0661. The summed E-state index contributed by atoms with van der Waals surface area (Å²) in [6.07, 6.45) is 4.32. The highest BCUT2D eigenvalue weighted by Gasteiger charge is 2.41. The number of rotatable bonds is 7. The molecule has 3 atom stereocenters. The molecule has 3 unspecified atom stereocenters. The molecule has 0 spiro atoms. The zero-order valence-electron chi connectivity index (χ0n) is 15.9. The van der Waals surface area contributed by atoms with Crippen molar-refractivity contribution in [3.05, 3.63) is 0 Å². The molecule has 1 aliphatic carbocycles. The first kappa shape index (κ1) is 20.6. The van der Waals surface area contributed by atoms with Crippen molar-refractivity contribution in [2.45, 2.75) is 72.8 Å². The minimum Gasteiger partial charge on any atom is -0.450 e. The highest BCUT2D eigenvalue weighted by molar-refractivity contribution is 5.71. The molecule has 0 bridgehead atoms. The van der Waals surface area contributed by atoms with Crippen molar-refractivity contribution in [3.8, 4) is 0 Å². The molecule has 24 heavy (non-hydrogen) atoms. The van der Waals surface area contributed by atoms with Crippen molar-refractivity contribution >= 4 is 12.1 Å². The van der Waals surface area contributed by atoms with Crippen molar-refractivity contribution in [2.75, 3.05) is 13.2 Å². The Bertz CT molecular complexity index is 439. The van der Waals surface area contributed by atoms with Crippen LogP contribution in [0, 0.1) is 16.7 Å². The Balaban J connectivity index is 2.53. The number of nitrogens with one attached hydrogen (secondary N) is 2. The molecule has 6 nitrogen and oxygen atoms in total.